The summed E-state index contributed by atoms with van der Waals surface area (Å²) in [7, 11) is 5.75. The highest BCUT2D eigenvalue weighted by atomic mass is 16.5. The molecule has 0 aliphatic carbocycles. The fraction of sp³-hybridized carbons (Fsp3) is 0.267. The molecule has 9 nitrogen and oxygen atoms in total. The SMILES string of the molecule is COC(=O)c1c(-c2cc(OC)c(OC)c(OC)c2)c2cccc(OCc3ccccc3)c2c(=O)n1CCCO. The smallest absolute Gasteiger partial charge is 0.355 e. The number of aromatic nitrogens is 1. The first-order chi connectivity index (χ1) is 19.0. The lowest BCUT2D eigenvalue weighted by atomic mass is 9.95. The van der Waals surface area contributed by atoms with E-state index in [2.05, 4.69) is 0 Å². The van der Waals surface area contributed by atoms with E-state index in [0.29, 0.717) is 44.9 Å². The van der Waals surface area contributed by atoms with Crippen molar-refractivity contribution in [2.75, 3.05) is 35.0 Å². The third-order valence-electron chi connectivity index (χ3n) is 6.37. The molecule has 0 saturated carbocycles. The van der Waals surface area contributed by atoms with Gasteiger partial charge in [-0.1, -0.05) is 42.5 Å². The zero-order chi connectivity index (χ0) is 27.9. The first kappa shape index (κ1) is 27.5. The standard InChI is InChI=1S/C30H31NO8/c1-35-23-16-20(17-24(36-2)28(23)37-3)25-21-12-8-13-22(39-18-19-10-6-5-7-11-19)26(21)29(33)31(14-9-15-32)27(25)30(34)38-4/h5-8,10-13,16-17,32H,9,14-15,18H2,1-4H3. The van der Waals surface area contributed by atoms with Crippen molar-refractivity contribution in [2.45, 2.75) is 19.6 Å². The number of esters is 1. The van der Waals surface area contributed by atoms with Gasteiger partial charge in [-0.3, -0.25) is 4.79 Å². The minimum Gasteiger partial charge on any atom is -0.493 e. The van der Waals surface area contributed by atoms with Crippen molar-refractivity contribution in [3.63, 3.8) is 0 Å². The van der Waals surface area contributed by atoms with E-state index < -0.39 is 11.5 Å². The number of hydrogen-bond donors (Lipinski definition) is 1. The monoisotopic (exact) mass is 533 g/mol. The van der Waals surface area contributed by atoms with E-state index in [4.69, 9.17) is 23.7 Å². The topological polar surface area (TPSA) is 105 Å². The molecule has 0 saturated heterocycles. The van der Waals surface area contributed by atoms with E-state index in [1.165, 1.54) is 33.0 Å². The normalized spacial score (nSPS) is 10.8. The Morgan fingerprint density at radius 3 is 2.15 bits per heavy atom. The van der Waals surface area contributed by atoms with Crippen LogP contribution in [0, 0.1) is 0 Å². The minimum atomic E-state index is -0.703. The maximum atomic E-state index is 14.0. The van der Waals surface area contributed by atoms with Crippen molar-refractivity contribution < 1.29 is 33.6 Å². The van der Waals surface area contributed by atoms with Crippen molar-refractivity contribution >= 4 is 16.7 Å². The molecule has 39 heavy (non-hydrogen) atoms. The van der Waals surface area contributed by atoms with Gasteiger partial charge in [0.05, 0.1) is 33.8 Å². The average molecular weight is 534 g/mol. The number of carbonyl (C=O) groups is 1. The van der Waals surface area contributed by atoms with Crippen LogP contribution in [0.5, 0.6) is 23.0 Å². The van der Waals surface area contributed by atoms with E-state index in [1.807, 2.05) is 30.3 Å². The summed E-state index contributed by atoms with van der Waals surface area (Å²) in [4.78, 5) is 27.2. The van der Waals surface area contributed by atoms with Gasteiger partial charge in [0.25, 0.3) is 5.56 Å². The maximum Gasteiger partial charge on any atom is 0.355 e. The Kier molecular flexibility index (Phi) is 8.73. The Hall–Kier alpha value is -4.50. The molecule has 1 aromatic heterocycles. The molecule has 0 amide bonds. The number of aliphatic hydroxyl groups is 1. The molecule has 0 fully saturated rings. The number of methoxy groups -OCH3 is 4. The minimum absolute atomic E-state index is 0.0398. The molecule has 0 aliphatic heterocycles. The van der Waals surface area contributed by atoms with Gasteiger partial charge < -0.3 is 33.4 Å². The third-order valence-corrected chi connectivity index (χ3v) is 6.37. The zero-order valence-electron chi connectivity index (χ0n) is 22.4. The summed E-state index contributed by atoms with van der Waals surface area (Å²) in [6.45, 7) is 0.158. The fourth-order valence-corrected chi connectivity index (χ4v) is 4.58. The van der Waals surface area contributed by atoms with Crippen LogP contribution >= 0.6 is 0 Å². The summed E-state index contributed by atoms with van der Waals surface area (Å²) < 4.78 is 29.2. The molecular weight excluding hydrogens is 502 g/mol. The van der Waals surface area contributed by atoms with Crippen LogP contribution < -0.4 is 24.5 Å². The van der Waals surface area contributed by atoms with E-state index in [0.717, 1.165) is 5.56 Å². The van der Waals surface area contributed by atoms with Gasteiger partial charge in [-0.2, -0.15) is 0 Å². The van der Waals surface area contributed by atoms with Gasteiger partial charge in [0.2, 0.25) is 5.75 Å². The third kappa shape index (κ3) is 5.39. The molecule has 204 valence electrons. The number of hydrogen-bond acceptors (Lipinski definition) is 8. The van der Waals surface area contributed by atoms with Gasteiger partial charge in [-0.15, -0.1) is 0 Å². The lowest BCUT2D eigenvalue weighted by molar-refractivity contribution is 0.0587. The molecule has 0 radical (unpaired) electrons. The predicted octanol–water partition coefficient (Wildman–Crippen LogP) is 4.44. The molecule has 1 N–H and O–H groups in total. The van der Waals surface area contributed by atoms with Gasteiger partial charge in [0.15, 0.2) is 11.5 Å². The Bertz CT molecular complexity index is 1500. The Morgan fingerprint density at radius 2 is 1.56 bits per heavy atom. The van der Waals surface area contributed by atoms with Crippen molar-refractivity contribution in [2.24, 2.45) is 0 Å². The number of rotatable bonds is 11. The second-order valence-corrected chi connectivity index (χ2v) is 8.62. The molecule has 0 spiro atoms. The van der Waals surface area contributed by atoms with Crippen molar-refractivity contribution in [3.05, 3.63) is 82.3 Å². The molecule has 1 heterocycles. The molecule has 0 unspecified atom stereocenters. The quantitative estimate of drug-likeness (QED) is 0.282. The Labute approximate surface area is 226 Å². The summed E-state index contributed by atoms with van der Waals surface area (Å²) >= 11 is 0. The number of nitrogens with zero attached hydrogens (tertiary/aromatic N) is 1. The van der Waals surface area contributed by atoms with E-state index in [9.17, 15) is 14.7 Å². The van der Waals surface area contributed by atoms with E-state index >= 15 is 0 Å². The van der Waals surface area contributed by atoms with Gasteiger partial charge in [-0.25, -0.2) is 4.79 Å². The van der Waals surface area contributed by atoms with Crippen molar-refractivity contribution in [3.8, 4) is 34.1 Å². The van der Waals surface area contributed by atoms with Crippen LogP contribution in [-0.2, 0) is 17.9 Å². The van der Waals surface area contributed by atoms with E-state index in [-0.39, 0.29) is 31.9 Å². The lowest BCUT2D eigenvalue weighted by Gasteiger charge is -2.21. The van der Waals surface area contributed by atoms with Gasteiger partial charge in [-0.05, 0) is 35.7 Å². The van der Waals surface area contributed by atoms with Crippen LogP contribution in [0.3, 0.4) is 0 Å². The summed E-state index contributed by atoms with van der Waals surface area (Å²) in [5.41, 5.74) is 1.51. The molecule has 0 atom stereocenters. The number of pyridine rings is 1. The molecule has 0 bridgehead atoms. The second kappa shape index (κ2) is 12.4. The van der Waals surface area contributed by atoms with Crippen LogP contribution in [0.4, 0.5) is 0 Å². The molecule has 9 heteroatoms. The van der Waals surface area contributed by atoms with Crippen LogP contribution in [0.15, 0.2) is 65.5 Å². The number of aliphatic hydroxyl groups excluding tert-OH is 1. The number of ether oxygens (including phenoxy) is 5. The van der Waals surface area contributed by atoms with Gasteiger partial charge >= 0.3 is 5.97 Å². The highest BCUT2D eigenvalue weighted by Gasteiger charge is 2.27. The molecule has 4 rings (SSSR count). The summed E-state index contributed by atoms with van der Waals surface area (Å²) in [6.07, 6.45) is 0.247. The molecule has 3 aromatic carbocycles. The highest BCUT2D eigenvalue weighted by Crippen LogP contribution is 2.44. The molecule has 4 aromatic rings. The van der Waals surface area contributed by atoms with Crippen LogP contribution in [0.2, 0.25) is 0 Å². The van der Waals surface area contributed by atoms with Crippen LogP contribution in [-0.4, -0.2) is 50.7 Å². The number of fused-ring (bicyclic) bond motifs is 1. The summed E-state index contributed by atoms with van der Waals surface area (Å²) in [6, 6.07) is 18.3. The average Bonchev–Trinajstić information content (AvgIpc) is 2.98. The summed E-state index contributed by atoms with van der Waals surface area (Å²) in [5, 5.41) is 10.3. The maximum absolute atomic E-state index is 14.0. The largest absolute Gasteiger partial charge is 0.493 e. The predicted molar refractivity (Wildman–Crippen MR) is 147 cm³/mol. The number of benzene rings is 3. The first-order valence-electron chi connectivity index (χ1n) is 12.3. The molecular formula is C30H31NO8. The fourth-order valence-electron chi connectivity index (χ4n) is 4.58. The summed E-state index contributed by atoms with van der Waals surface area (Å²) in [5.74, 6) is 0.796. The second-order valence-electron chi connectivity index (χ2n) is 8.62. The molecule has 0 aliphatic rings. The first-order valence-corrected chi connectivity index (χ1v) is 12.3. The van der Waals surface area contributed by atoms with Gasteiger partial charge in [0, 0.05) is 24.1 Å². The van der Waals surface area contributed by atoms with Crippen molar-refractivity contribution in [1.29, 1.82) is 0 Å². The Morgan fingerprint density at radius 1 is 0.872 bits per heavy atom. The van der Waals surface area contributed by atoms with Crippen LogP contribution in [0.25, 0.3) is 21.9 Å². The lowest BCUT2D eigenvalue weighted by Crippen LogP contribution is -2.29. The van der Waals surface area contributed by atoms with Gasteiger partial charge in [0.1, 0.15) is 18.1 Å². The van der Waals surface area contributed by atoms with Crippen molar-refractivity contribution in [1.82, 2.24) is 4.57 Å². The van der Waals surface area contributed by atoms with E-state index in [1.54, 1.807) is 30.3 Å². The number of carbonyl (C=O) groups excluding carboxylic acids is 1. The highest BCUT2D eigenvalue weighted by molar-refractivity contribution is 6.08. The van der Waals surface area contributed by atoms with Crippen LogP contribution in [0.1, 0.15) is 22.5 Å². The zero-order valence-corrected chi connectivity index (χ0v) is 22.4. The Balaban J connectivity index is 2.08.